The minimum atomic E-state index is -0.784. The molecule has 0 aliphatic heterocycles. The van der Waals surface area contributed by atoms with Crippen LogP contribution >= 0.6 is 0 Å². The molecule has 0 unspecified atom stereocenters. The van der Waals surface area contributed by atoms with Crippen molar-refractivity contribution in [3.63, 3.8) is 0 Å². The van der Waals surface area contributed by atoms with Crippen LogP contribution in [0.1, 0.15) is 25.8 Å². The molecule has 0 heterocycles. The average molecular weight is 292 g/mol. The summed E-state index contributed by atoms with van der Waals surface area (Å²) in [4.78, 5) is 34.7. The molecule has 1 aromatic carbocycles. The highest BCUT2D eigenvalue weighted by Gasteiger charge is 2.18. The molecular weight excluding hydrogens is 272 g/mol. The summed E-state index contributed by atoms with van der Waals surface area (Å²) in [5, 5.41) is 4.95. The minimum Gasteiger partial charge on any atom is -0.466 e. The number of aryl methyl sites for hydroxylation is 1. The predicted molar refractivity (Wildman–Crippen MR) is 78.7 cm³/mol. The zero-order valence-electron chi connectivity index (χ0n) is 12.4. The number of ether oxygens (including phenoxy) is 1. The van der Waals surface area contributed by atoms with Gasteiger partial charge in [0.1, 0.15) is 0 Å². The molecule has 0 radical (unpaired) electrons. The molecule has 1 rings (SSSR count). The van der Waals surface area contributed by atoms with Crippen molar-refractivity contribution in [2.24, 2.45) is 0 Å². The zero-order chi connectivity index (χ0) is 15.8. The van der Waals surface area contributed by atoms with Gasteiger partial charge in [-0.05, 0) is 38.5 Å². The summed E-state index contributed by atoms with van der Waals surface area (Å²) in [6, 6.07) is 6.65. The fourth-order valence-electron chi connectivity index (χ4n) is 1.72. The summed E-state index contributed by atoms with van der Waals surface area (Å²) in [7, 11) is 0. The fourth-order valence-corrected chi connectivity index (χ4v) is 1.72. The van der Waals surface area contributed by atoms with E-state index >= 15 is 0 Å². The van der Waals surface area contributed by atoms with Crippen LogP contribution in [-0.4, -0.2) is 30.4 Å². The SMILES string of the molecule is CCOC(=O)C[C@@H](C)NC(=O)C(=O)Nc1cccc(C)c1. The number of hydrogen-bond donors (Lipinski definition) is 2. The number of benzene rings is 1. The van der Waals surface area contributed by atoms with Gasteiger partial charge in [0.2, 0.25) is 0 Å². The molecule has 6 nitrogen and oxygen atoms in total. The highest BCUT2D eigenvalue weighted by atomic mass is 16.5. The van der Waals surface area contributed by atoms with Gasteiger partial charge in [-0.1, -0.05) is 12.1 Å². The molecule has 114 valence electrons. The second-order valence-electron chi connectivity index (χ2n) is 4.71. The molecule has 0 aliphatic carbocycles. The maximum Gasteiger partial charge on any atom is 0.313 e. The lowest BCUT2D eigenvalue weighted by molar-refractivity contribution is -0.144. The number of nitrogens with one attached hydrogen (secondary N) is 2. The van der Waals surface area contributed by atoms with Crippen LogP contribution < -0.4 is 10.6 Å². The second kappa shape index (κ2) is 8.04. The molecular formula is C15H20N2O4. The van der Waals surface area contributed by atoms with E-state index in [0.717, 1.165) is 5.56 Å². The van der Waals surface area contributed by atoms with Gasteiger partial charge in [-0.25, -0.2) is 0 Å². The molecule has 0 fully saturated rings. The first kappa shape index (κ1) is 16.7. The molecule has 0 aromatic heterocycles. The van der Waals surface area contributed by atoms with Crippen LogP contribution in [0.4, 0.5) is 5.69 Å². The van der Waals surface area contributed by atoms with Crippen molar-refractivity contribution in [1.29, 1.82) is 0 Å². The van der Waals surface area contributed by atoms with Crippen molar-refractivity contribution in [2.45, 2.75) is 33.2 Å². The summed E-state index contributed by atoms with van der Waals surface area (Å²) in [6.07, 6.45) is 0.0251. The number of carbonyl (C=O) groups excluding carboxylic acids is 3. The molecule has 0 saturated heterocycles. The van der Waals surface area contributed by atoms with Crippen LogP contribution in [0.25, 0.3) is 0 Å². The first-order valence-electron chi connectivity index (χ1n) is 6.76. The van der Waals surface area contributed by atoms with Gasteiger partial charge >= 0.3 is 17.8 Å². The highest BCUT2D eigenvalue weighted by Crippen LogP contribution is 2.09. The third-order valence-electron chi connectivity index (χ3n) is 2.64. The molecule has 0 bridgehead atoms. The smallest absolute Gasteiger partial charge is 0.313 e. The van der Waals surface area contributed by atoms with Crippen LogP contribution in [0, 0.1) is 6.92 Å². The van der Waals surface area contributed by atoms with E-state index in [1.54, 1.807) is 32.0 Å². The van der Waals surface area contributed by atoms with E-state index in [-0.39, 0.29) is 13.0 Å². The summed E-state index contributed by atoms with van der Waals surface area (Å²) < 4.78 is 4.77. The van der Waals surface area contributed by atoms with Crippen molar-refractivity contribution in [2.75, 3.05) is 11.9 Å². The van der Waals surface area contributed by atoms with E-state index in [1.807, 2.05) is 13.0 Å². The highest BCUT2D eigenvalue weighted by molar-refractivity contribution is 6.39. The van der Waals surface area contributed by atoms with Crippen LogP contribution in [0.2, 0.25) is 0 Å². The van der Waals surface area contributed by atoms with Crippen LogP contribution in [0.3, 0.4) is 0 Å². The van der Waals surface area contributed by atoms with E-state index in [1.165, 1.54) is 0 Å². The van der Waals surface area contributed by atoms with Crippen molar-refractivity contribution in [3.8, 4) is 0 Å². The maximum atomic E-state index is 11.7. The van der Waals surface area contributed by atoms with Crippen molar-refractivity contribution in [1.82, 2.24) is 5.32 Å². The van der Waals surface area contributed by atoms with Crippen LogP contribution in [0.5, 0.6) is 0 Å². The van der Waals surface area contributed by atoms with Gasteiger partial charge in [0.25, 0.3) is 0 Å². The Morgan fingerprint density at radius 1 is 1.24 bits per heavy atom. The second-order valence-corrected chi connectivity index (χ2v) is 4.71. The van der Waals surface area contributed by atoms with Gasteiger partial charge in [0.05, 0.1) is 13.0 Å². The lowest BCUT2D eigenvalue weighted by Gasteiger charge is -2.13. The van der Waals surface area contributed by atoms with Crippen molar-refractivity contribution in [3.05, 3.63) is 29.8 Å². The standard InChI is InChI=1S/C15H20N2O4/c1-4-21-13(18)9-11(3)16-14(19)15(20)17-12-7-5-6-10(2)8-12/h5-8,11H,4,9H2,1-3H3,(H,16,19)(H,17,20)/t11-/m1/s1. The number of rotatable bonds is 5. The van der Waals surface area contributed by atoms with E-state index < -0.39 is 23.8 Å². The van der Waals surface area contributed by atoms with E-state index in [4.69, 9.17) is 4.74 Å². The predicted octanol–water partition coefficient (Wildman–Crippen LogP) is 1.39. The lowest BCUT2D eigenvalue weighted by atomic mass is 10.2. The van der Waals surface area contributed by atoms with E-state index in [0.29, 0.717) is 5.69 Å². The first-order chi connectivity index (χ1) is 9.92. The molecule has 2 N–H and O–H groups in total. The van der Waals surface area contributed by atoms with E-state index in [9.17, 15) is 14.4 Å². The molecule has 1 atom stereocenters. The molecule has 0 saturated carbocycles. The summed E-state index contributed by atoms with van der Waals surface area (Å²) >= 11 is 0. The Labute approximate surface area is 123 Å². The Morgan fingerprint density at radius 3 is 2.57 bits per heavy atom. The first-order valence-corrected chi connectivity index (χ1v) is 6.76. The zero-order valence-corrected chi connectivity index (χ0v) is 12.4. The van der Waals surface area contributed by atoms with Gasteiger partial charge in [-0.2, -0.15) is 0 Å². The number of esters is 1. The Balaban J connectivity index is 2.47. The molecule has 0 spiro atoms. The topological polar surface area (TPSA) is 84.5 Å². The van der Waals surface area contributed by atoms with Crippen molar-refractivity contribution >= 4 is 23.5 Å². The summed E-state index contributed by atoms with van der Waals surface area (Å²) in [5.74, 6) is -1.96. The van der Waals surface area contributed by atoms with Gasteiger partial charge < -0.3 is 15.4 Å². The maximum absolute atomic E-state index is 11.7. The number of hydrogen-bond acceptors (Lipinski definition) is 4. The fraction of sp³-hybridized carbons (Fsp3) is 0.400. The normalized spacial score (nSPS) is 11.4. The molecule has 6 heteroatoms. The Hall–Kier alpha value is -2.37. The Bertz CT molecular complexity index is 528. The lowest BCUT2D eigenvalue weighted by Crippen LogP contribution is -2.41. The number of anilines is 1. The third kappa shape index (κ3) is 6.07. The average Bonchev–Trinajstić information content (AvgIpc) is 2.38. The molecule has 1 aromatic rings. The third-order valence-corrected chi connectivity index (χ3v) is 2.64. The van der Waals surface area contributed by atoms with Crippen LogP contribution in [-0.2, 0) is 19.1 Å². The van der Waals surface area contributed by atoms with Gasteiger partial charge in [0.15, 0.2) is 0 Å². The summed E-state index contributed by atoms with van der Waals surface area (Å²) in [5.41, 5.74) is 1.53. The largest absolute Gasteiger partial charge is 0.466 e. The monoisotopic (exact) mass is 292 g/mol. The molecule has 2 amide bonds. The van der Waals surface area contributed by atoms with Crippen molar-refractivity contribution < 1.29 is 19.1 Å². The number of carbonyl (C=O) groups is 3. The van der Waals surface area contributed by atoms with E-state index in [2.05, 4.69) is 10.6 Å². The summed E-state index contributed by atoms with van der Waals surface area (Å²) in [6.45, 7) is 5.51. The number of amides is 2. The minimum absolute atomic E-state index is 0.0251. The Kier molecular flexibility index (Phi) is 6.39. The van der Waals surface area contributed by atoms with Gasteiger partial charge in [-0.15, -0.1) is 0 Å². The molecule has 21 heavy (non-hydrogen) atoms. The van der Waals surface area contributed by atoms with Gasteiger partial charge in [-0.3, -0.25) is 14.4 Å². The molecule has 0 aliphatic rings. The van der Waals surface area contributed by atoms with Gasteiger partial charge in [0, 0.05) is 11.7 Å². The van der Waals surface area contributed by atoms with Crippen LogP contribution in [0.15, 0.2) is 24.3 Å². The quantitative estimate of drug-likeness (QED) is 0.634. The Morgan fingerprint density at radius 2 is 1.95 bits per heavy atom.